The Labute approximate surface area is 335 Å². The number of nitrogens with zero attached hydrogens (tertiary/aromatic N) is 4. The van der Waals surface area contributed by atoms with Gasteiger partial charge in [0.1, 0.15) is 12.4 Å². The molecule has 1 amide bonds. The van der Waals surface area contributed by atoms with Crippen LogP contribution in [0.2, 0.25) is 0 Å². The fourth-order valence-electron chi connectivity index (χ4n) is 7.63. The highest BCUT2D eigenvalue weighted by Crippen LogP contribution is 2.44. The number of aryl methyl sites for hydroxylation is 3. The van der Waals surface area contributed by atoms with Gasteiger partial charge in [-0.2, -0.15) is 0 Å². The smallest absolute Gasteiger partial charge is 0.410 e. The maximum Gasteiger partial charge on any atom is 0.410 e. The minimum Gasteiger partial charge on any atom is -0.496 e. The Bertz CT molecular complexity index is 1790. The third-order valence-corrected chi connectivity index (χ3v) is 10.3. The molecule has 0 bridgehead atoms. The van der Waals surface area contributed by atoms with Gasteiger partial charge in [-0.15, -0.1) is 0 Å². The number of amides is 1. The van der Waals surface area contributed by atoms with Crippen LogP contribution < -0.4 is 15.4 Å². The van der Waals surface area contributed by atoms with Gasteiger partial charge in [0.25, 0.3) is 0 Å². The number of benzene rings is 4. The van der Waals surface area contributed by atoms with Gasteiger partial charge in [0.2, 0.25) is 0 Å². The van der Waals surface area contributed by atoms with Gasteiger partial charge in [0.05, 0.1) is 7.11 Å². The van der Waals surface area contributed by atoms with Gasteiger partial charge in [0, 0.05) is 54.7 Å². The number of carbonyl (C=O) groups is 1. The van der Waals surface area contributed by atoms with Crippen molar-refractivity contribution in [2.45, 2.75) is 104 Å². The molecule has 2 N–H and O–H groups in total. The summed E-state index contributed by atoms with van der Waals surface area (Å²) in [6.45, 7) is 14.6. The zero-order valence-electron chi connectivity index (χ0n) is 34.6. The van der Waals surface area contributed by atoms with E-state index in [1.807, 2.05) is 18.7 Å². The van der Waals surface area contributed by atoms with Gasteiger partial charge in [-0.3, -0.25) is 0 Å². The molecule has 2 aliphatic heterocycles. The fourth-order valence-corrected chi connectivity index (χ4v) is 7.63. The van der Waals surface area contributed by atoms with E-state index in [0.717, 1.165) is 63.1 Å². The summed E-state index contributed by atoms with van der Waals surface area (Å²) >= 11 is 0. The Balaban J connectivity index is 0.000000425. The molecule has 9 heteroatoms. The SMILES string of the molecule is CC.CCC.COc1cc(CCc2cccc(C)c2)ccc1CNCC1CCCN1C(=O)OCC1c2ccccc2-c2ccccc21.[N-]=[N+]=NC[C@@H]1CCCN1. The largest absolute Gasteiger partial charge is 0.496 e. The molecule has 4 aromatic carbocycles. The van der Waals surface area contributed by atoms with Crippen LogP contribution in [0.3, 0.4) is 0 Å². The zero-order valence-corrected chi connectivity index (χ0v) is 34.6. The van der Waals surface area contributed by atoms with Crippen molar-refractivity contribution in [2.75, 3.05) is 39.9 Å². The Morgan fingerprint density at radius 3 is 2.21 bits per heavy atom. The third-order valence-electron chi connectivity index (χ3n) is 10.3. The minimum absolute atomic E-state index is 0.0766. The Hall–Kier alpha value is -4.82. The molecule has 9 nitrogen and oxygen atoms in total. The molecule has 7 rings (SSSR count). The van der Waals surface area contributed by atoms with E-state index in [0.29, 0.717) is 25.7 Å². The van der Waals surface area contributed by atoms with Crippen LogP contribution in [-0.4, -0.2) is 63.0 Å². The molecule has 0 aromatic heterocycles. The second-order valence-electron chi connectivity index (χ2n) is 14.5. The Kier molecular flexibility index (Phi) is 18.8. The summed E-state index contributed by atoms with van der Waals surface area (Å²) in [6, 6.07) is 32.7. The molecule has 0 radical (unpaired) electrons. The minimum atomic E-state index is -0.211. The van der Waals surface area contributed by atoms with Gasteiger partial charge in [-0.25, -0.2) is 4.79 Å². The maximum atomic E-state index is 13.2. The van der Waals surface area contributed by atoms with E-state index in [-0.39, 0.29) is 18.1 Å². The number of hydrogen-bond acceptors (Lipinski definition) is 6. The lowest BCUT2D eigenvalue weighted by molar-refractivity contribution is 0.0953. The molecule has 1 aliphatic carbocycles. The Morgan fingerprint density at radius 2 is 1.59 bits per heavy atom. The molecule has 2 atom stereocenters. The van der Waals surface area contributed by atoms with Crippen LogP contribution in [0.25, 0.3) is 21.6 Å². The number of nitrogens with one attached hydrogen (secondary N) is 2. The molecule has 2 heterocycles. The van der Waals surface area contributed by atoms with Crippen molar-refractivity contribution in [3.63, 3.8) is 0 Å². The first kappa shape index (κ1) is 43.9. The third kappa shape index (κ3) is 12.6. The van der Waals surface area contributed by atoms with Gasteiger partial charge >= 0.3 is 6.09 Å². The molecule has 300 valence electrons. The van der Waals surface area contributed by atoms with Crippen LogP contribution in [0, 0.1) is 6.92 Å². The second-order valence-corrected chi connectivity index (χ2v) is 14.5. The normalized spacial score (nSPS) is 16.4. The van der Waals surface area contributed by atoms with Crippen LogP contribution >= 0.6 is 0 Å². The van der Waals surface area contributed by atoms with Crippen LogP contribution in [0.1, 0.15) is 99.1 Å². The van der Waals surface area contributed by atoms with Crippen molar-refractivity contribution in [3.05, 3.63) is 135 Å². The molecule has 0 saturated carbocycles. The molecule has 3 aliphatic rings. The summed E-state index contributed by atoms with van der Waals surface area (Å²) in [7, 11) is 1.74. The summed E-state index contributed by atoms with van der Waals surface area (Å²) in [6.07, 6.45) is 7.36. The predicted molar refractivity (Wildman–Crippen MR) is 230 cm³/mol. The molecule has 0 spiro atoms. The summed E-state index contributed by atoms with van der Waals surface area (Å²) < 4.78 is 11.7. The number of hydrogen-bond donors (Lipinski definition) is 2. The highest BCUT2D eigenvalue weighted by molar-refractivity contribution is 5.79. The van der Waals surface area contributed by atoms with E-state index in [1.165, 1.54) is 51.8 Å². The van der Waals surface area contributed by atoms with Gasteiger partial charge < -0.3 is 25.0 Å². The van der Waals surface area contributed by atoms with Crippen molar-refractivity contribution >= 4 is 6.09 Å². The molecule has 1 unspecified atom stereocenters. The van der Waals surface area contributed by atoms with Crippen LogP contribution in [0.15, 0.2) is 96.1 Å². The topological polar surface area (TPSA) is 112 Å². The lowest BCUT2D eigenvalue weighted by Crippen LogP contribution is -2.42. The second kappa shape index (κ2) is 24.0. The maximum absolute atomic E-state index is 13.2. The molecule has 56 heavy (non-hydrogen) atoms. The number of fused-ring (bicyclic) bond motifs is 3. The van der Waals surface area contributed by atoms with Crippen molar-refractivity contribution in [1.29, 1.82) is 0 Å². The molecule has 2 saturated heterocycles. The van der Waals surface area contributed by atoms with Gasteiger partial charge in [-0.05, 0) is 97.0 Å². The fraction of sp³-hybridized carbons (Fsp3) is 0.468. The molecule has 2 fully saturated rings. The van der Waals surface area contributed by atoms with E-state index in [1.54, 1.807) is 7.11 Å². The summed E-state index contributed by atoms with van der Waals surface area (Å²) in [5, 5.41) is 10.3. The number of ether oxygens (including phenoxy) is 2. The zero-order chi connectivity index (χ0) is 40.1. The lowest BCUT2D eigenvalue weighted by Gasteiger charge is -2.25. The van der Waals surface area contributed by atoms with E-state index in [2.05, 4.69) is 132 Å². The standard InChI is InChI=1S/C37H40N2O3.C5H10N4.C3H8.C2H6/c1-26-9-7-10-27(21-26)16-17-28-18-19-29(36(22-28)41-2)23-38-24-30-11-8-20-39(30)37(40)42-25-35-33-14-5-3-12-31(33)32-13-4-6-15-34(32)35;6-9-8-4-5-2-1-3-7-5;1-3-2;1-2/h3-7,9-10,12-15,18-19,21-22,30,35,38H,8,11,16-17,20,23-25H2,1-2H3;5,7H,1-4H2;3H2,1-2H3;1-2H3/t;5-;;/m.0../s1. The summed E-state index contributed by atoms with van der Waals surface area (Å²) in [5.41, 5.74) is 18.0. The molecule has 4 aromatic rings. The van der Waals surface area contributed by atoms with Crippen LogP contribution in [0.4, 0.5) is 4.79 Å². The van der Waals surface area contributed by atoms with E-state index in [9.17, 15) is 4.79 Å². The van der Waals surface area contributed by atoms with Gasteiger partial charge in [-0.1, -0.05) is 130 Å². The van der Waals surface area contributed by atoms with Crippen LogP contribution in [0.5, 0.6) is 5.75 Å². The monoisotopic (exact) mass is 761 g/mol. The number of likely N-dealkylation sites (tertiary alicyclic amines) is 1. The molecular formula is C47H64N6O3. The van der Waals surface area contributed by atoms with E-state index in [4.69, 9.17) is 15.0 Å². The highest BCUT2D eigenvalue weighted by Gasteiger charge is 2.33. The first-order valence-corrected chi connectivity index (χ1v) is 20.7. The number of azide groups is 1. The quantitative estimate of drug-likeness (QED) is 0.0848. The Morgan fingerprint density at radius 1 is 0.911 bits per heavy atom. The first-order valence-electron chi connectivity index (χ1n) is 20.7. The number of methoxy groups -OCH3 is 1. The number of rotatable bonds is 12. The first-order chi connectivity index (χ1) is 27.4. The van der Waals surface area contributed by atoms with Crippen molar-refractivity contribution in [3.8, 4) is 16.9 Å². The predicted octanol–water partition coefficient (Wildman–Crippen LogP) is 10.8. The average molecular weight is 761 g/mol. The summed E-state index contributed by atoms with van der Waals surface area (Å²) in [4.78, 5) is 17.8. The number of carbonyl (C=O) groups excluding carboxylic acids is 1. The molecular weight excluding hydrogens is 697 g/mol. The van der Waals surface area contributed by atoms with E-state index < -0.39 is 0 Å². The average Bonchev–Trinajstić information content (AvgIpc) is 4.00. The van der Waals surface area contributed by atoms with E-state index >= 15 is 0 Å². The van der Waals surface area contributed by atoms with Gasteiger partial charge in [0.15, 0.2) is 0 Å². The van der Waals surface area contributed by atoms with Crippen molar-refractivity contribution in [1.82, 2.24) is 15.5 Å². The summed E-state index contributed by atoms with van der Waals surface area (Å²) in [5.74, 6) is 0.983. The van der Waals surface area contributed by atoms with Crippen molar-refractivity contribution < 1.29 is 14.3 Å². The van der Waals surface area contributed by atoms with Crippen LogP contribution in [-0.2, 0) is 24.1 Å². The van der Waals surface area contributed by atoms with Crippen molar-refractivity contribution in [2.24, 2.45) is 5.11 Å². The highest BCUT2D eigenvalue weighted by atomic mass is 16.6. The lowest BCUT2D eigenvalue weighted by atomic mass is 9.98.